The van der Waals surface area contributed by atoms with E-state index in [1.165, 1.54) is 0 Å². The van der Waals surface area contributed by atoms with E-state index in [-0.39, 0.29) is 11.5 Å². The fraction of sp³-hybridized carbons (Fsp3) is 0.647. The number of nitrogens with zero attached hydrogens (tertiary/aromatic N) is 5. The second-order valence-electron chi connectivity index (χ2n) is 7.26. The minimum absolute atomic E-state index is 0.0734. The number of aryl methyl sites for hydroxylation is 1. The minimum atomic E-state index is -0.130. The summed E-state index contributed by atoms with van der Waals surface area (Å²) >= 11 is 0. The molecule has 2 aromatic rings. The molecule has 1 saturated heterocycles. The molecule has 0 N–H and O–H groups in total. The normalized spacial score (nSPS) is 18.4. The maximum absolute atomic E-state index is 5.40. The van der Waals surface area contributed by atoms with Crippen LogP contribution >= 0.6 is 0 Å². The molecule has 0 radical (unpaired) electrons. The Bertz CT molecular complexity index is 707. The molecule has 7 heteroatoms. The van der Waals surface area contributed by atoms with Crippen LogP contribution in [0, 0.1) is 6.92 Å². The molecule has 0 spiro atoms. The predicted octanol–water partition coefficient (Wildman–Crippen LogP) is 2.95. The molecule has 7 nitrogen and oxygen atoms in total. The number of hydrogen-bond acceptors (Lipinski definition) is 7. The van der Waals surface area contributed by atoms with Crippen LogP contribution in [0.5, 0.6) is 0 Å². The van der Waals surface area contributed by atoms with Crippen LogP contribution in [0.3, 0.4) is 0 Å². The summed E-state index contributed by atoms with van der Waals surface area (Å²) in [5.74, 6) is 3.05. The Labute approximate surface area is 142 Å². The fourth-order valence-corrected chi connectivity index (χ4v) is 2.93. The fourth-order valence-electron chi connectivity index (χ4n) is 2.93. The molecule has 1 unspecified atom stereocenters. The van der Waals surface area contributed by atoms with E-state index in [0.717, 1.165) is 36.7 Å². The second kappa shape index (κ2) is 6.47. The van der Waals surface area contributed by atoms with Crippen molar-refractivity contribution in [2.45, 2.75) is 58.6 Å². The van der Waals surface area contributed by atoms with E-state index in [0.29, 0.717) is 18.3 Å². The molecule has 1 fully saturated rings. The first-order valence-electron chi connectivity index (χ1n) is 8.32. The molecule has 130 valence electrons. The van der Waals surface area contributed by atoms with Crippen LogP contribution < -0.4 is 4.90 Å². The number of methoxy groups -OCH3 is 1. The van der Waals surface area contributed by atoms with Crippen LogP contribution in [-0.2, 0) is 16.8 Å². The van der Waals surface area contributed by atoms with Crippen LogP contribution in [0.15, 0.2) is 10.6 Å². The Kier molecular flexibility index (Phi) is 4.54. The summed E-state index contributed by atoms with van der Waals surface area (Å²) in [6, 6.07) is 2.07. The summed E-state index contributed by atoms with van der Waals surface area (Å²) in [6.07, 6.45) is 2.05. The van der Waals surface area contributed by atoms with Crippen molar-refractivity contribution in [2.24, 2.45) is 0 Å². The number of aromatic nitrogens is 4. The number of hydrogen-bond donors (Lipinski definition) is 0. The van der Waals surface area contributed by atoms with E-state index < -0.39 is 0 Å². The molecule has 2 aromatic heterocycles. The molecule has 1 aliphatic rings. The SMILES string of the molecule is COCc1cc(N2CCCC2c2nc(C)no2)nc(C(C)(C)C)n1. The lowest BCUT2D eigenvalue weighted by Gasteiger charge is -2.26. The van der Waals surface area contributed by atoms with Crippen molar-refractivity contribution in [1.29, 1.82) is 0 Å². The Morgan fingerprint density at radius 3 is 2.71 bits per heavy atom. The Balaban J connectivity index is 1.99. The second-order valence-corrected chi connectivity index (χ2v) is 7.26. The van der Waals surface area contributed by atoms with Gasteiger partial charge in [0.25, 0.3) is 0 Å². The first kappa shape index (κ1) is 16.8. The van der Waals surface area contributed by atoms with Crippen molar-refractivity contribution >= 4 is 5.82 Å². The predicted molar refractivity (Wildman–Crippen MR) is 89.8 cm³/mol. The summed E-state index contributed by atoms with van der Waals surface area (Å²) in [7, 11) is 1.68. The zero-order chi connectivity index (χ0) is 17.3. The van der Waals surface area contributed by atoms with Gasteiger partial charge in [0.1, 0.15) is 17.7 Å². The van der Waals surface area contributed by atoms with Gasteiger partial charge >= 0.3 is 0 Å². The number of ether oxygens (including phenoxy) is 1. The summed E-state index contributed by atoms with van der Waals surface area (Å²) < 4.78 is 10.7. The van der Waals surface area contributed by atoms with Gasteiger partial charge in [0.05, 0.1) is 12.3 Å². The van der Waals surface area contributed by atoms with Gasteiger partial charge in [-0.05, 0) is 19.8 Å². The first-order chi connectivity index (χ1) is 11.4. The van der Waals surface area contributed by atoms with Gasteiger partial charge in [-0.3, -0.25) is 0 Å². The maximum atomic E-state index is 5.40. The number of rotatable bonds is 4. The van der Waals surface area contributed by atoms with Gasteiger partial charge in [-0.1, -0.05) is 25.9 Å². The van der Waals surface area contributed by atoms with Gasteiger partial charge in [0.15, 0.2) is 5.82 Å². The van der Waals surface area contributed by atoms with Crippen LogP contribution in [0.25, 0.3) is 0 Å². The molecule has 1 atom stereocenters. The highest BCUT2D eigenvalue weighted by atomic mass is 16.5. The van der Waals surface area contributed by atoms with Crippen molar-refractivity contribution in [3.8, 4) is 0 Å². The van der Waals surface area contributed by atoms with Gasteiger partial charge < -0.3 is 14.2 Å². The molecule has 0 aliphatic carbocycles. The van der Waals surface area contributed by atoms with Crippen LogP contribution in [0.2, 0.25) is 0 Å². The zero-order valence-corrected chi connectivity index (χ0v) is 15.0. The molecule has 3 heterocycles. The third-order valence-corrected chi connectivity index (χ3v) is 4.10. The third-order valence-electron chi connectivity index (χ3n) is 4.10. The average molecular weight is 331 g/mol. The highest BCUT2D eigenvalue weighted by molar-refractivity contribution is 5.43. The molecule has 0 amide bonds. The van der Waals surface area contributed by atoms with Crippen LogP contribution in [-0.4, -0.2) is 33.8 Å². The molecule has 24 heavy (non-hydrogen) atoms. The van der Waals surface area contributed by atoms with E-state index >= 15 is 0 Å². The average Bonchev–Trinajstić information content (AvgIpc) is 3.14. The highest BCUT2D eigenvalue weighted by Crippen LogP contribution is 2.35. The van der Waals surface area contributed by atoms with Gasteiger partial charge in [0, 0.05) is 25.1 Å². The minimum Gasteiger partial charge on any atom is -0.378 e. The van der Waals surface area contributed by atoms with Crippen molar-refractivity contribution in [3.05, 3.63) is 29.3 Å². The summed E-state index contributed by atoms with van der Waals surface area (Å²) in [5, 5.41) is 3.93. The largest absolute Gasteiger partial charge is 0.378 e. The van der Waals surface area contributed by atoms with Crippen LogP contribution in [0.4, 0.5) is 5.82 Å². The Morgan fingerprint density at radius 1 is 1.29 bits per heavy atom. The monoisotopic (exact) mass is 331 g/mol. The van der Waals surface area contributed by atoms with E-state index in [1.54, 1.807) is 7.11 Å². The van der Waals surface area contributed by atoms with Gasteiger partial charge in [-0.2, -0.15) is 4.98 Å². The van der Waals surface area contributed by atoms with E-state index in [9.17, 15) is 0 Å². The van der Waals surface area contributed by atoms with Crippen molar-refractivity contribution in [3.63, 3.8) is 0 Å². The zero-order valence-electron chi connectivity index (χ0n) is 15.0. The smallest absolute Gasteiger partial charge is 0.249 e. The summed E-state index contributed by atoms with van der Waals surface area (Å²) in [4.78, 5) is 16.1. The van der Waals surface area contributed by atoms with Crippen molar-refractivity contribution in [1.82, 2.24) is 20.1 Å². The summed E-state index contributed by atoms with van der Waals surface area (Å²) in [5.41, 5.74) is 0.759. The number of anilines is 1. The van der Waals surface area contributed by atoms with E-state index in [1.807, 2.05) is 13.0 Å². The van der Waals surface area contributed by atoms with Gasteiger partial charge in [-0.25, -0.2) is 9.97 Å². The quantitative estimate of drug-likeness (QED) is 0.852. The van der Waals surface area contributed by atoms with E-state index in [2.05, 4.69) is 40.8 Å². The molecular weight excluding hydrogens is 306 g/mol. The Morgan fingerprint density at radius 2 is 2.08 bits per heavy atom. The lowest BCUT2D eigenvalue weighted by atomic mass is 9.95. The summed E-state index contributed by atoms with van der Waals surface area (Å²) in [6.45, 7) is 9.57. The maximum Gasteiger partial charge on any atom is 0.249 e. The van der Waals surface area contributed by atoms with E-state index in [4.69, 9.17) is 14.2 Å². The first-order valence-corrected chi connectivity index (χ1v) is 8.32. The van der Waals surface area contributed by atoms with Gasteiger partial charge in [-0.15, -0.1) is 0 Å². The Hall–Kier alpha value is -2.02. The van der Waals surface area contributed by atoms with Crippen molar-refractivity contribution in [2.75, 3.05) is 18.6 Å². The molecule has 0 aromatic carbocycles. The lowest BCUT2D eigenvalue weighted by Crippen LogP contribution is -2.26. The molecular formula is C17H25N5O2. The molecule has 0 saturated carbocycles. The van der Waals surface area contributed by atoms with Crippen LogP contribution in [0.1, 0.15) is 62.9 Å². The standard InChI is InChI=1S/C17H25N5O2/c1-11-18-15(24-21-11)13-7-6-8-22(13)14-9-12(10-23-5)19-16(20-14)17(2,3)4/h9,13H,6-8,10H2,1-5H3. The molecule has 1 aliphatic heterocycles. The third kappa shape index (κ3) is 3.40. The lowest BCUT2D eigenvalue weighted by molar-refractivity contribution is 0.181. The molecule has 3 rings (SSSR count). The topological polar surface area (TPSA) is 77.2 Å². The van der Waals surface area contributed by atoms with Crippen molar-refractivity contribution < 1.29 is 9.26 Å². The molecule has 0 bridgehead atoms. The highest BCUT2D eigenvalue weighted by Gasteiger charge is 2.32. The van der Waals surface area contributed by atoms with Gasteiger partial charge in [0.2, 0.25) is 5.89 Å².